The van der Waals surface area contributed by atoms with Gasteiger partial charge < -0.3 is 34.6 Å². The first kappa shape index (κ1) is 26.1. The molecule has 11 heteroatoms. The molecule has 3 amide bonds. The van der Waals surface area contributed by atoms with Gasteiger partial charge in [-0.1, -0.05) is 0 Å². The number of methoxy groups -OCH3 is 3. The Morgan fingerprint density at radius 2 is 1.64 bits per heavy atom. The van der Waals surface area contributed by atoms with Crippen LogP contribution in [-0.2, 0) is 9.59 Å². The van der Waals surface area contributed by atoms with Gasteiger partial charge in [0.1, 0.15) is 5.75 Å². The zero-order valence-corrected chi connectivity index (χ0v) is 20.6. The number of hydrogen-bond donors (Lipinski definition) is 3. The third-order valence-electron chi connectivity index (χ3n) is 5.15. The van der Waals surface area contributed by atoms with Crippen LogP contribution in [0.3, 0.4) is 0 Å². The Bertz CT molecular complexity index is 1240. The quantitative estimate of drug-likeness (QED) is 0.384. The highest BCUT2D eigenvalue weighted by atomic mass is 16.5. The van der Waals surface area contributed by atoms with Gasteiger partial charge >= 0.3 is 11.8 Å². The van der Waals surface area contributed by atoms with Gasteiger partial charge in [-0.05, 0) is 44.2 Å². The SMILES string of the molecule is COc1ccc(C(=O)NCC(C)(C)NC(=O)C(=O)Nc2ccc(-c3cnco3)c(OC)c2)cc1OC. The summed E-state index contributed by atoms with van der Waals surface area (Å²) in [7, 11) is 4.46. The molecule has 0 fully saturated rings. The van der Waals surface area contributed by atoms with Crippen molar-refractivity contribution in [2.75, 3.05) is 33.2 Å². The maximum Gasteiger partial charge on any atom is 0.313 e. The molecule has 0 spiro atoms. The summed E-state index contributed by atoms with van der Waals surface area (Å²) in [5.74, 6) is -0.260. The van der Waals surface area contributed by atoms with E-state index < -0.39 is 17.4 Å². The van der Waals surface area contributed by atoms with Gasteiger partial charge in [-0.3, -0.25) is 14.4 Å². The van der Waals surface area contributed by atoms with Crippen LogP contribution >= 0.6 is 0 Å². The fourth-order valence-corrected chi connectivity index (χ4v) is 3.30. The Morgan fingerprint density at radius 3 is 2.28 bits per heavy atom. The first-order valence-corrected chi connectivity index (χ1v) is 10.9. The summed E-state index contributed by atoms with van der Waals surface area (Å²) in [6.45, 7) is 3.43. The molecule has 0 saturated heterocycles. The molecule has 0 aliphatic rings. The second-order valence-corrected chi connectivity index (χ2v) is 8.33. The van der Waals surface area contributed by atoms with Crippen LogP contribution in [0.4, 0.5) is 5.69 Å². The molecule has 1 heterocycles. The molecule has 190 valence electrons. The van der Waals surface area contributed by atoms with Crippen LogP contribution in [0.5, 0.6) is 17.2 Å². The lowest BCUT2D eigenvalue weighted by Crippen LogP contribution is -2.54. The Morgan fingerprint density at radius 1 is 0.917 bits per heavy atom. The second-order valence-electron chi connectivity index (χ2n) is 8.33. The highest BCUT2D eigenvalue weighted by Gasteiger charge is 2.26. The standard InChI is InChI=1S/C25H28N4O7/c1-25(2,13-27-22(30)15-6-9-18(33-3)20(10-15)35-5)29-24(32)23(31)28-16-7-8-17(19(11-16)34-4)21-12-26-14-36-21/h6-12,14H,13H2,1-5H3,(H,27,30)(H,28,31)(H,29,32). The highest BCUT2D eigenvalue weighted by Crippen LogP contribution is 2.32. The van der Waals surface area contributed by atoms with Gasteiger partial charge in [-0.2, -0.15) is 0 Å². The number of carbonyl (C=O) groups is 3. The summed E-state index contributed by atoms with van der Waals surface area (Å²) in [6, 6.07) is 9.63. The fraction of sp³-hybridized carbons (Fsp3) is 0.280. The summed E-state index contributed by atoms with van der Waals surface area (Å²) in [6.07, 6.45) is 2.84. The van der Waals surface area contributed by atoms with Gasteiger partial charge in [0.25, 0.3) is 5.91 Å². The van der Waals surface area contributed by atoms with Gasteiger partial charge in [-0.15, -0.1) is 0 Å². The minimum Gasteiger partial charge on any atom is -0.496 e. The maximum absolute atomic E-state index is 12.6. The summed E-state index contributed by atoms with van der Waals surface area (Å²) in [5, 5.41) is 7.90. The summed E-state index contributed by atoms with van der Waals surface area (Å²) < 4.78 is 21.0. The molecule has 0 atom stereocenters. The van der Waals surface area contributed by atoms with Crippen LogP contribution in [0, 0.1) is 0 Å². The van der Waals surface area contributed by atoms with Crippen LogP contribution in [0.1, 0.15) is 24.2 Å². The van der Waals surface area contributed by atoms with Crippen molar-refractivity contribution in [3.05, 3.63) is 54.6 Å². The van der Waals surface area contributed by atoms with Crippen molar-refractivity contribution < 1.29 is 33.0 Å². The first-order valence-electron chi connectivity index (χ1n) is 10.9. The minimum atomic E-state index is -0.922. The van der Waals surface area contributed by atoms with Crippen molar-refractivity contribution in [3.63, 3.8) is 0 Å². The van der Waals surface area contributed by atoms with E-state index in [4.69, 9.17) is 18.6 Å². The molecule has 0 unspecified atom stereocenters. The van der Waals surface area contributed by atoms with Crippen molar-refractivity contribution in [2.24, 2.45) is 0 Å². The summed E-state index contributed by atoms with van der Waals surface area (Å²) in [5.41, 5.74) is 0.433. The van der Waals surface area contributed by atoms with Crippen molar-refractivity contribution in [2.45, 2.75) is 19.4 Å². The number of amides is 3. The molecule has 3 N–H and O–H groups in total. The van der Waals surface area contributed by atoms with E-state index in [0.29, 0.717) is 39.8 Å². The maximum atomic E-state index is 12.6. The van der Waals surface area contributed by atoms with E-state index in [0.717, 1.165) is 0 Å². The number of ether oxygens (including phenoxy) is 3. The fourth-order valence-electron chi connectivity index (χ4n) is 3.30. The minimum absolute atomic E-state index is 0.0684. The molecular formula is C25H28N4O7. The monoisotopic (exact) mass is 496 g/mol. The number of nitrogens with zero attached hydrogens (tertiary/aromatic N) is 1. The van der Waals surface area contributed by atoms with Gasteiger partial charge in [0, 0.05) is 23.9 Å². The average molecular weight is 497 g/mol. The van der Waals surface area contributed by atoms with Gasteiger partial charge in [0.2, 0.25) is 0 Å². The Kier molecular flexibility index (Phi) is 8.15. The van der Waals surface area contributed by atoms with E-state index in [1.807, 2.05) is 0 Å². The van der Waals surface area contributed by atoms with E-state index in [-0.39, 0.29) is 12.5 Å². The molecule has 3 aromatic rings. The summed E-state index contributed by atoms with van der Waals surface area (Å²) >= 11 is 0. The third kappa shape index (κ3) is 6.32. The molecule has 36 heavy (non-hydrogen) atoms. The highest BCUT2D eigenvalue weighted by molar-refractivity contribution is 6.39. The zero-order valence-electron chi connectivity index (χ0n) is 20.6. The molecule has 0 saturated carbocycles. The van der Waals surface area contributed by atoms with E-state index in [9.17, 15) is 14.4 Å². The second kappa shape index (κ2) is 11.3. The molecule has 11 nitrogen and oxygen atoms in total. The normalized spacial score (nSPS) is 10.8. The predicted molar refractivity (Wildman–Crippen MR) is 131 cm³/mol. The smallest absolute Gasteiger partial charge is 0.313 e. The molecule has 3 rings (SSSR count). The number of nitrogens with one attached hydrogen (secondary N) is 3. The molecule has 0 bridgehead atoms. The number of carbonyl (C=O) groups excluding carboxylic acids is 3. The van der Waals surface area contributed by atoms with Crippen LogP contribution in [0.25, 0.3) is 11.3 Å². The molecule has 2 aromatic carbocycles. The van der Waals surface area contributed by atoms with Gasteiger partial charge in [0.05, 0.1) is 38.6 Å². The average Bonchev–Trinajstić information content (AvgIpc) is 3.41. The lowest BCUT2D eigenvalue weighted by molar-refractivity contribution is -0.137. The van der Waals surface area contributed by atoms with Crippen molar-refractivity contribution >= 4 is 23.4 Å². The molecule has 0 radical (unpaired) electrons. The van der Waals surface area contributed by atoms with E-state index in [1.165, 1.54) is 33.9 Å². The predicted octanol–water partition coefficient (Wildman–Crippen LogP) is 2.63. The van der Waals surface area contributed by atoms with E-state index >= 15 is 0 Å². The molecule has 0 aliphatic heterocycles. The van der Waals surface area contributed by atoms with Crippen LogP contribution < -0.4 is 30.2 Å². The number of anilines is 1. The number of hydrogen-bond acceptors (Lipinski definition) is 8. The molecule has 1 aromatic heterocycles. The number of rotatable bonds is 9. The lowest BCUT2D eigenvalue weighted by Gasteiger charge is -2.26. The first-order chi connectivity index (χ1) is 17.2. The van der Waals surface area contributed by atoms with Crippen LogP contribution in [-0.4, -0.2) is 56.1 Å². The molecular weight excluding hydrogens is 468 g/mol. The third-order valence-corrected chi connectivity index (χ3v) is 5.15. The molecule has 0 aliphatic carbocycles. The van der Waals surface area contributed by atoms with Crippen LogP contribution in [0.15, 0.2) is 53.4 Å². The van der Waals surface area contributed by atoms with Crippen molar-refractivity contribution in [3.8, 4) is 28.6 Å². The Labute approximate surface area is 208 Å². The van der Waals surface area contributed by atoms with Crippen molar-refractivity contribution in [1.29, 1.82) is 0 Å². The topological polar surface area (TPSA) is 141 Å². The Balaban J connectivity index is 1.58. The Hall–Kier alpha value is -4.54. The van der Waals surface area contributed by atoms with Crippen molar-refractivity contribution in [1.82, 2.24) is 15.6 Å². The number of benzene rings is 2. The number of oxazole rings is 1. The lowest BCUT2D eigenvalue weighted by atomic mass is 10.1. The zero-order chi connectivity index (χ0) is 26.3. The summed E-state index contributed by atoms with van der Waals surface area (Å²) in [4.78, 5) is 41.5. The van der Waals surface area contributed by atoms with Crippen LogP contribution in [0.2, 0.25) is 0 Å². The number of aromatic nitrogens is 1. The van der Waals surface area contributed by atoms with Gasteiger partial charge in [-0.25, -0.2) is 4.98 Å². The van der Waals surface area contributed by atoms with Gasteiger partial charge in [0.15, 0.2) is 23.7 Å². The largest absolute Gasteiger partial charge is 0.496 e. The van der Waals surface area contributed by atoms with E-state index in [2.05, 4.69) is 20.9 Å². The van der Waals surface area contributed by atoms with E-state index in [1.54, 1.807) is 50.2 Å².